The highest BCUT2D eigenvalue weighted by molar-refractivity contribution is 5.82. The zero-order valence-corrected chi connectivity index (χ0v) is 16.1. The summed E-state index contributed by atoms with van der Waals surface area (Å²) in [6, 6.07) is 3.95. The summed E-state index contributed by atoms with van der Waals surface area (Å²) in [6.45, 7) is 6.20. The molecule has 27 heavy (non-hydrogen) atoms. The Morgan fingerprint density at radius 1 is 1.33 bits per heavy atom. The fraction of sp³-hybridized carbons (Fsp3) is 0.700. The number of morpholine rings is 1. The molecule has 1 amide bonds. The summed E-state index contributed by atoms with van der Waals surface area (Å²) in [5.74, 6) is 0.818. The second-order valence-electron chi connectivity index (χ2n) is 8.17. The molecule has 1 aliphatic carbocycles. The Hall–Kier alpha value is -1.54. The summed E-state index contributed by atoms with van der Waals surface area (Å²) in [4.78, 5) is 21.5. The lowest BCUT2D eigenvalue weighted by atomic mass is 9.89. The zero-order chi connectivity index (χ0) is 18.7. The van der Waals surface area contributed by atoms with Crippen molar-refractivity contribution in [1.82, 2.24) is 20.1 Å². The molecular weight excluding hydrogens is 344 g/mol. The molecule has 1 aromatic rings. The van der Waals surface area contributed by atoms with E-state index in [4.69, 9.17) is 9.47 Å². The van der Waals surface area contributed by atoms with Crippen molar-refractivity contribution < 1.29 is 14.3 Å². The number of hydrogen-bond acceptors (Lipinski definition) is 6. The minimum atomic E-state index is -0.178. The second kappa shape index (κ2) is 8.22. The minimum absolute atomic E-state index is 0.0653. The third-order valence-corrected chi connectivity index (χ3v) is 5.76. The third-order valence-electron chi connectivity index (χ3n) is 5.76. The first kappa shape index (κ1) is 18.8. The smallest absolute Gasteiger partial charge is 0.239 e. The Balaban J connectivity index is 1.32. The van der Waals surface area contributed by atoms with Crippen LogP contribution in [0.15, 0.2) is 24.5 Å². The van der Waals surface area contributed by atoms with Gasteiger partial charge in [0.1, 0.15) is 11.6 Å². The first-order valence-corrected chi connectivity index (χ1v) is 9.93. The standard InChI is InChI=1S/C20H30N4O3/c1-26-9-8-22-19(25)18-12-27-20(15-24(18)11-16-2-3-16)13-23(14-20)10-17-4-6-21-7-5-17/h4-7,16,18H,2-3,8-15H2,1H3,(H,22,25). The van der Waals surface area contributed by atoms with E-state index in [1.54, 1.807) is 7.11 Å². The van der Waals surface area contributed by atoms with Gasteiger partial charge >= 0.3 is 0 Å². The van der Waals surface area contributed by atoms with Gasteiger partial charge in [0.2, 0.25) is 5.91 Å². The first-order valence-electron chi connectivity index (χ1n) is 9.93. The lowest BCUT2D eigenvalue weighted by Gasteiger charge is -2.55. The zero-order valence-electron chi connectivity index (χ0n) is 16.1. The average molecular weight is 374 g/mol. The van der Waals surface area contributed by atoms with Gasteiger partial charge in [-0.25, -0.2) is 0 Å². The van der Waals surface area contributed by atoms with Gasteiger partial charge in [-0.1, -0.05) is 0 Å². The molecule has 0 aromatic carbocycles. The second-order valence-corrected chi connectivity index (χ2v) is 8.17. The van der Waals surface area contributed by atoms with Gasteiger partial charge in [-0.2, -0.15) is 0 Å². The fourth-order valence-electron chi connectivity index (χ4n) is 4.16. The Morgan fingerprint density at radius 2 is 2.11 bits per heavy atom. The molecule has 7 heteroatoms. The SMILES string of the molecule is COCCNC(=O)C1COC2(CN(Cc3ccncc3)C2)CN1CC1CC1. The highest BCUT2D eigenvalue weighted by Crippen LogP contribution is 2.36. The molecule has 1 saturated carbocycles. The predicted octanol–water partition coefficient (Wildman–Crippen LogP) is 0.509. The molecule has 1 unspecified atom stereocenters. The Kier molecular flexibility index (Phi) is 5.73. The first-order chi connectivity index (χ1) is 13.2. The van der Waals surface area contributed by atoms with Crippen molar-refractivity contribution in [1.29, 1.82) is 0 Å². The number of nitrogens with zero attached hydrogens (tertiary/aromatic N) is 3. The van der Waals surface area contributed by atoms with Crippen molar-refractivity contribution in [3.63, 3.8) is 0 Å². The molecule has 0 radical (unpaired) electrons. The number of hydrogen-bond donors (Lipinski definition) is 1. The van der Waals surface area contributed by atoms with Gasteiger partial charge in [-0.3, -0.25) is 19.6 Å². The van der Waals surface area contributed by atoms with Crippen LogP contribution in [-0.2, 0) is 20.8 Å². The van der Waals surface area contributed by atoms with Crippen molar-refractivity contribution in [2.24, 2.45) is 5.92 Å². The van der Waals surface area contributed by atoms with Crippen molar-refractivity contribution in [3.8, 4) is 0 Å². The van der Waals surface area contributed by atoms with E-state index in [-0.39, 0.29) is 17.6 Å². The molecule has 1 atom stereocenters. The molecule has 2 saturated heterocycles. The quantitative estimate of drug-likeness (QED) is 0.669. The topological polar surface area (TPSA) is 66.9 Å². The Morgan fingerprint density at radius 3 is 2.81 bits per heavy atom. The highest BCUT2D eigenvalue weighted by Gasteiger charge is 2.50. The Labute approximate surface area is 161 Å². The lowest BCUT2D eigenvalue weighted by molar-refractivity contribution is -0.203. The number of ether oxygens (including phenoxy) is 2. The maximum atomic E-state index is 12.6. The molecule has 1 aromatic heterocycles. The van der Waals surface area contributed by atoms with Crippen LogP contribution in [0, 0.1) is 5.92 Å². The van der Waals surface area contributed by atoms with Gasteiger partial charge in [-0.05, 0) is 36.5 Å². The van der Waals surface area contributed by atoms with E-state index in [0.29, 0.717) is 19.8 Å². The summed E-state index contributed by atoms with van der Waals surface area (Å²) >= 11 is 0. The van der Waals surface area contributed by atoms with Gasteiger partial charge in [0, 0.05) is 58.8 Å². The Bertz CT molecular complexity index is 631. The predicted molar refractivity (Wildman–Crippen MR) is 101 cm³/mol. The molecule has 3 aliphatic rings. The molecule has 0 bridgehead atoms. The average Bonchev–Trinajstić information content (AvgIpc) is 3.46. The van der Waals surface area contributed by atoms with E-state index in [1.807, 2.05) is 12.4 Å². The fourth-order valence-corrected chi connectivity index (χ4v) is 4.16. The molecule has 3 heterocycles. The summed E-state index contributed by atoms with van der Waals surface area (Å²) < 4.78 is 11.3. The van der Waals surface area contributed by atoms with E-state index in [0.717, 1.165) is 38.6 Å². The van der Waals surface area contributed by atoms with Crippen molar-refractivity contribution in [3.05, 3.63) is 30.1 Å². The van der Waals surface area contributed by atoms with Crippen LogP contribution in [0.25, 0.3) is 0 Å². The number of carbonyl (C=O) groups excluding carboxylic acids is 1. The lowest BCUT2D eigenvalue weighted by Crippen LogP contribution is -2.72. The number of methoxy groups -OCH3 is 1. The van der Waals surface area contributed by atoms with Crippen LogP contribution in [0.3, 0.4) is 0 Å². The van der Waals surface area contributed by atoms with E-state index >= 15 is 0 Å². The molecule has 148 valence electrons. The number of aromatic nitrogens is 1. The van der Waals surface area contributed by atoms with Crippen LogP contribution in [0.5, 0.6) is 0 Å². The van der Waals surface area contributed by atoms with Crippen LogP contribution < -0.4 is 5.32 Å². The number of likely N-dealkylation sites (tertiary alicyclic amines) is 1. The summed E-state index contributed by atoms with van der Waals surface area (Å²) in [7, 11) is 1.65. The van der Waals surface area contributed by atoms with Crippen molar-refractivity contribution >= 4 is 5.91 Å². The number of amides is 1. The van der Waals surface area contributed by atoms with Crippen LogP contribution in [-0.4, -0.2) is 85.4 Å². The van der Waals surface area contributed by atoms with E-state index in [9.17, 15) is 4.79 Å². The van der Waals surface area contributed by atoms with Gasteiger partial charge in [-0.15, -0.1) is 0 Å². The normalized spacial score (nSPS) is 25.3. The minimum Gasteiger partial charge on any atom is -0.383 e. The summed E-state index contributed by atoms with van der Waals surface area (Å²) in [6.07, 6.45) is 6.26. The number of nitrogens with one attached hydrogen (secondary N) is 1. The van der Waals surface area contributed by atoms with Gasteiger partial charge in [0.25, 0.3) is 0 Å². The highest BCUT2D eigenvalue weighted by atomic mass is 16.5. The molecule has 4 rings (SSSR count). The van der Waals surface area contributed by atoms with Gasteiger partial charge in [0.15, 0.2) is 0 Å². The monoisotopic (exact) mass is 374 g/mol. The molecule has 7 nitrogen and oxygen atoms in total. The van der Waals surface area contributed by atoms with Gasteiger partial charge in [0.05, 0.1) is 13.2 Å². The number of rotatable bonds is 8. The van der Waals surface area contributed by atoms with Crippen LogP contribution in [0.4, 0.5) is 0 Å². The maximum Gasteiger partial charge on any atom is 0.239 e. The number of pyridine rings is 1. The van der Waals surface area contributed by atoms with Crippen LogP contribution >= 0.6 is 0 Å². The summed E-state index contributed by atoms with van der Waals surface area (Å²) in [5, 5.41) is 2.98. The third kappa shape index (κ3) is 4.66. The molecule has 1 spiro atoms. The van der Waals surface area contributed by atoms with E-state index in [1.165, 1.54) is 18.4 Å². The maximum absolute atomic E-state index is 12.6. The largest absolute Gasteiger partial charge is 0.383 e. The van der Waals surface area contributed by atoms with E-state index in [2.05, 4.69) is 32.2 Å². The number of carbonyl (C=O) groups is 1. The molecule has 1 N–H and O–H groups in total. The molecular formula is C20H30N4O3. The van der Waals surface area contributed by atoms with Crippen molar-refractivity contribution in [2.45, 2.75) is 31.0 Å². The van der Waals surface area contributed by atoms with Crippen LogP contribution in [0.2, 0.25) is 0 Å². The van der Waals surface area contributed by atoms with Crippen molar-refractivity contribution in [2.75, 3.05) is 53.0 Å². The van der Waals surface area contributed by atoms with Gasteiger partial charge < -0.3 is 14.8 Å². The van der Waals surface area contributed by atoms with E-state index < -0.39 is 0 Å². The van der Waals surface area contributed by atoms with Crippen LogP contribution in [0.1, 0.15) is 18.4 Å². The summed E-state index contributed by atoms with van der Waals surface area (Å²) in [5.41, 5.74) is 1.16. The molecule has 2 aliphatic heterocycles. The molecule has 3 fully saturated rings.